The smallest absolute Gasteiger partial charge is 0.177 e. The van der Waals surface area contributed by atoms with Gasteiger partial charge in [-0.2, -0.15) is 0 Å². The Hall–Kier alpha value is -2.00. The highest BCUT2D eigenvalue weighted by Gasteiger charge is 2.34. The molecule has 3 nitrogen and oxygen atoms in total. The normalized spacial score (nSPS) is 23.7. The van der Waals surface area contributed by atoms with Crippen molar-refractivity contribution in [2.24, 2.45) is 0 Å². The van der Waals surface area contributed by atoms with Crippen LogP contribution in [0.2, 0.25) is 0 Å². The van der Waals surface area contributed by atoms with Crippen molar-refractivity contribution >= 4 is 23.5 Å². The van der Waals surface area contributed by atoms with Crippen LogP contribution < -0.4 is 4.74 Å². The molecule has 0 saturated heterocycles. The molecule has 2 atom stereocenters. The first kappa shape index (κ1) is 14.9. The number of rotatable bonds is 3. The molecule has 0 bridgehead atoms. The van der Waals surface area contributed by atoms with E-state index >= 15 is 0 Å². The van der Waals surface area contributed by atoms with Gasteiger partial charge in [0.1, 0.15) is 11.5 Å². The molecule has 2 unspecified atom stereocenters. The maximum absolute atomic E-state index is 12.5. The van der Waals surface area contributed by atoms with Crippen LogP contribution in [0.5, 0.6) is 5.75 Å². The third-order valence-corrected chi connectivity index (χ3v) is 4.39. The number of alkyl halides is 1. The number of carbonyl (C=O) groups excluding carboxylic acids is 1. The maximum atomic E-state index is 12.5. The molecule has 1 saturated carbocycles. The van der Waals surface area contributed by atoms with E-state index in [9.17, 15) is 4.79 Å². The third-order valence-electron chi connectivity index (χ3n) is 3.98. The number of furan rings is 1. The van der Waals surface area contributed by atoms with Crippen LogP contribution in [-0.2, 0) is 4.79 Å². The predicted molar refractivity (Wildman–Crippen MR) is 86.3 cm³/mol. The molecule has 0 N–H and O–H groups in total. The van der Waals surface area contributed by atoms with E-state index in [0.717, 1.165) is 23.5 Å². The summed E-state index contributed by atoms with van der Waals surface area (Å²) in [6.07, 6.45) is 5.03. The fraction of sp³-hybridized carbons (Fsp3) is 0.278. The second-order valence-corrected chi connectivity index (χ2v) is 5.88. The van der Waals surface area contributed by atoms with Gasteiger partial charge in [0.2, 0.25) is 0 Å². The van der Waals surface area contributed by atoms with Crippen LogP contribution in [0.3, 0.4) is 0 Å². The molecule has 22 heavy (non-hydrogen) atoms. The van der Waals surface area contributed by atoms with E-state index in [-0.39, 0.29) is 11.7 Å². The Bertz CT molecular complexity index is 671. The first-order valence-electron chi connectivity index (χ1n) is 7.26. The summed E-state index contributed by atoms with van der Waals surface area (Å²) in [5, 5.41) is -0.448. The van der Waals surface area contributed by atoms with Crippen molar-refractivity contribution in [1.29, 1.82) is 0 Å². The largest absolute Gasteiger partial charge is 0.497 e. The number of ketones is 1. The summed E-state index contributed by atoms with van der Waals surface area (Å²) in [7, 11) is 1.63. The first-order valence-corrected chi connectivity index (χ1v) is 7.70. The fourth-order valence-electron chi connectivity index (χ4n) is 2.79. The molecule has 114 valence electrons. The van der Waals surface area contributed by atoms with Crippen molar-refractivity contribution in [2.45, 2.75) is 24.1 Å². The molecule has 1 aromatic carbocycles. The Morgan fingerprint density at radius 1 is 1.23 bits per heavy atom. The average molecular weight is 317 g/mol. The molecule has 1 aliphatic carbocycles. The molecule has 1 heterocycles. The highest BCUT2D eigenvalue weighted by molar-refractivity contribution is 6.34. The molecule has 3 rings (SSSR count). The van der Waals surface area contributed by atoms with Crippen molar-refractivity contribution in [3.05, 3.63) is 59.6 Å². The number of allylic oxidation sites excluding steroid dienone is 1. The van der Waals surface area contributed by atoms with Crippen LogP contribution in [-0.4, -0.2) is 18.3 Å². The molecule has 1 fully saturated rings. The zero-order valence-electron chi connectivity index (χ0n) is 12.3. The average Bonchev–Trinajstić information content (AvgIpc) is 3.07. The number of carbonyl (C=O) groups is 1. The summed E-state index contributed by atoms with van der Waals surface area (Å²) in [4.78, 5) is 12.5. The Labute approximate surface area is 134 Å². The zero-order valence-corrected chi connectivity index (χ0v) is 13.0. The van der Waals surface area contributed by atoms with Crippen molar-refractivity contribution in [3.8, 4) is 5.75 Å². The first-order chi connectivity index (χ1) is 10.7. The van der Waals surface area contributed by atoms with Crippen molar-refractivity contribution in [2.75, 3.05) is 7.11 Å². The van der Waals surface area contributed by atoms with Crippen LogP contribution >= 0.6 is 11.6 Å². The van der Waals surface area contributed by atoms with E-state index in [2.05, 4.69) is 0 Å². The number of Topliss-reactive ketones (excluding diaryl/α,β-unsaturated/α-hetero) is 1. The van der Waals surface area contributed by atoms with Gasteiger partial charge in [0, 0.05) is 11.5 Å². The lowest BCUT2D eigenvalue weighted by Crippen LogP contribution is -2.27. The van der Waals surface area contributed by atoms with Crippen molar-refractivity contribution in [3.63, 3.8) is 0 Å². The van der Waals surface area contributed by atoms with E-state index in [4.69, 9.17) is 20.8 Å². The van der Waals surface area contributed by atoms with Crippen LogP contribution in [0.25, 0.3) is 6.08 Å². The second kappa shape index (κ2) is 6.41. The molecule has 1 aliphatic rings. The monoisotopic (exact) mass is 316 g/mol. The molecule has 0 aliphatic heterocycles. The summed E-state index contributed by atoms with van der Waals surface area (Å²) in [5.41, 5.74) is 1.66. The fourth-order valence-corrected chi connectivity index (χ4v) is 3.04. The second-order valence-electron chi connectivity index (χ2n) is 5.35. The van der Waals surface area contributed by atoms with E-state index in [1.165, 1.54) is 0 Å². The molecular weight excluding hydrogens is 300 g/mol. The highest BCUT2D eigenvalue weighted by atomic mass is 35.5. The number of ether oxygens (including phenoxy) is 1. The summed E-state index contributed by atoms with van der Waals surface area (Å²) in [5.74, 6) is 1.57. The Kier molecular flexibility index (Phi) is 4.34. The molecule has 0 spiro atoms. The molecule has 0 amide bonds. The minimum atomic E-state index is -0.448. The Morgan fingerprint density at radius 3 is 2.64 bits per heavy atom. The van der Waals surface area contributed by atoms with Gasteiger partial charge in [0.05, 0.1) is 18.8 Å². The van der Waals surface area contributed by atoms with Gasteiger partial charge in [-0.1, -0.05) is 12.1 Å². The standard InChI is InChI=1S/C18H17ClO3/c1-21-13-6-4-12(5-7-13)11-15-14(17-3-2-10-22-17)8-9-16(19)18(15)20/h2-7,10-11,14,16H,8-9H2,1H3. The SMILES string of the molecule is COc1ccc(C=C2C(=O)C(Cl)CCC2c2ccco2)cc1. The van der Waals surface area contributed by atoms with Crippen LogP contribution in [0, 0.1) is 0 Å². The van der Waals surface area contributed by atoms with Crippen molar-refractivity contribution in [1.82, 2.24) is 0 Å². The van der Waals surface area contributed by atoms with E-state index in [0.29, 0.717) is 12.0 Å². The molecule has 1 aromatic heterocycles. The number of hydrogen-bond acceptors (Lipinski definition) is 3. The van der Waals surface area contributed by atoms with Crippen molar-refractivity contribution < 1.29 is 13.9 Å². The van der Waals surface area contributed by atoms with Gasteiger partial charge < -0.3 is 9.15 Å². The van der Waals surface area contributed by atoms with Crippen LogP contribution in [0.4, 0.5) is 0 Å². The molecule has 2 aromatic rings. The van der Waals surface area contributed by atoms with Crippen LogP contribution in [0.15, 0.2) is 52.7 Å². The predicted octanol–water partition coefficient (Wildman–Crippen LogP) is 4.43. The summed E-state index contributed by atoms with van der Waals surface area (Å²) in [6.45, 7) is 0. The maximum Gasteiger partial charge on any atom is 0.177 e. The zero-order chi connectivity index (χ0) is 15.5. The quantitative estimate of drug-likeness (QED) is 0.621. The number of halogens is 1. The summed E-state index contributed by atoms with van der Waals surface area (Å²) >= 11 is 6.16. The van der Waals surface area contributed by atoms with E-state index in [1.807, 2.05) is 42.5 Å². The topological polar surface area (TPSA) is 39.4 Å². The van der Waals surface area contributed by atoms with Gasteiger partial charge in [-0.05, 0) is 48.7 Å². The summed E-state index contributed by atoms with van der Waals surface area (Å²) < 4.78 is 10.7. The third kappa shape index (κ3) is 2.95. The minimum Gasteiger partial charge on any atom is -0.497 e. The van der Waals surface area contributed by atoms with Gasteiger partial charge in [-0.15, -0.1) is 11.6 Å². The van der Waals surface area contributed by atoms with E-state index in [1.54, 1.807) is 13.4 Å². The highest BCUT2D eigenvalue weighted by Crippen LogP contribution is 2.38. The molecule has 0 radical (unpaired) electrons. The minimum absolute atomic E-state index is 0.00913. The summed E-state index contributed by atoms with van der Waals surface area (Å²) in [6, 6.07) is 11.4. The van der Waals surface area contributed by atoms with E-state index < -0.39 is 5.38 Å². The lowest BCUT2D eigenvalue weighted by atomic mass is 9.80. The molecule has 4 heteroatoms. The van der Waals surface area contributed by atoms with Gasteiger partial charge >= 0.3 is 0 Å². The van der Waals surface area contributed by atoms with Gasteiger partial charge in [-0.25, -0.2) is 0 Å². The molecular formula is C18H17ClO3. The number of hydrogen-bond donors (Lipinski definition) is 0. The number of benzene rings is 1. The van der Waals surface area contributed by atoms with Crippen LogP contribution in [0.1, 0.15) is 30.1 Å². The van der Waals surface area contributed by atoms with Gasteiger partial charge in [0.15, 0.2) is 5.78 Å². The van der Waals surface area contributed by atoms with Gasteiger partial charge in [0.25, 0.3) is 0 Å². The lowest BCUT2D eigenvalue weighted by Gasteiger charge is -2.26. The number of methoxy groups -OCH3 is 1. The van der Waals surface area contributed by atoms with Gasteiger partial charge in [-0.3, -0.25) is 4.79 Å². The Balaban J connectivity index is 1.97. The lowest BCUT2D eigenvalue weighted by molar-refractivity contribution is -0.116. The Morgan fingerprint density at radius 2 is 2.00 bits per heavy atom.